The lowest BCUT2D eigenvalue weighted by Gasteiger charge is -2.26. The summed E-state index contributed by atoms with van der Waals surface area (Å²) in [5.74, 6) is 0.0515. The Kier molecular flexibility index (Phi) is 3.18. The zero-order valence-corrected chi connectivity index (χ0v) is 8.86. The van der Waals surface area contributed by atoms with Crippen LogP contribution in [0.5, 0.6) is 0 Å². The highest BCUT2D eigenvalue weighted by molar-refractivity contribution is 5.82. The van der Waals surface area contributed by atoms with Crippen molar-refractivity contribution in [2.24, 2.45) is 0 Å². The highest BCUT2D eigenvalue weighted by Gasteiger charge is 2.23. The second kappa shape index (κ2) is 4.77. The number of nitrogens with zero attached hydrogens (tertiary/aromatic N) is 1. The molecule has 1 aromatic carbocycles. The summed E-state index contributed by atoms with van der Waals surface area (Å²) in [5, 5.41) is 14.5. The van der Waals surface area contributed by atoms with E-state index < -0.39 is 0 Å². The van der Waals surface area contributed by atoms with Crippen LogP contribution in [0, 0.1) is 11.3 Å². The summed E-state index contributed by atoms with van der Waals surface area (Å²) in [6.45, 7) is 1.44. The fourth-order valence-electron chi connectivity index (χ4n) is 1.52. The summed E-state index contributed by atoms with van der Waals surface area (Å²) in [6, 6.07) is 9.26. The van der Waals surface area contributed by atoms with E-state index in [1.165, 1.54) is 0 Å². The van der Waals surface area contributed by atoms with Crippen molar-refractivity contribution in [2.45, 2.75) is 19.0 Å². The standard InChI is InChI=1S/C12H13N3O/c13-7-9-1-3-10(4-2-9)8-15-12(16)11-5-6-14-11/h1-4,11,14H,5-6,8H2,(H,15,16)/t11-/m0/s1. The van der Waals surface area contributed by atoms with Crippen LogP contribution >= 0.6 is 0 Å². The number of amides is 1. The first-order valence-corrected chi connectivity index (χ1v) is 5.30. The molecule has 1 fully saturated rings. The van der Waals surface area contributed by atoms with Crippen LogP contribution in [0.2, 0.25) is 0 Å². The number of benzene rings is 1. The Morgan fingerprint density at radius 3 is 2.69 bits per heavy atom. The first-order chi connectivity index (χ1) is 7.79. The van der Waals surface area contributed by atoms with Crippen LogP contribution in [0.15, 0.2) is 24.3 Å². The predicted octanol–water partition coefficient (Wildman–Crippen LogP) is 0.536. The lowest BCUT2D eigenvalue weighted by molar-refractivity contribution is -0.124. The normalized spacial score (nSPS) is 18.3. The summed E-state index contributed by atoms with van der Waals surface area (Å²) in [4.78, 5) is 11.5. The van der Waals surface area contributed by atoms with Gasteiger partial charge in [-0.05, 0) is 30.7 Å². The molecule has 0 aliphatic carbocycles. The van der Waals surface area contributed by atoms with Gasteiger partial charge in [0.25, 0.3) is 0 Å². The second-order valence-corrected chi connectivity index (χ2v) is 3.82. The highest BCUT2D eigenvalue weighted by Crippen LogP contribution is 2.05. The average molecular weight is 215 g/mol. The predicted molar refractivity (Wildman–Crippen MR) is 59.4 cm³/mol. The monoisotopic (exact) mass is 215 g/mol. The largest absolute Gasteiger partial charge is 0.351 e. The number of nitrogens with one attached hydrogen (secondary N) is 2. The summed E-state index contributed by atoms with van der Waals surface area (Å²) in [7, 11) is 0. The van der Waals surface area contributed by atoms with Crippen molar-refractivity contribution < 1.29 is 4.79 Å². The minimum Gasteiger partial charge on any atom is -0.351 e. The molecule has 1 heterocycles. The molecule has 1 aromatic rings. The summed E-state index contributed by atoms with van der Waals surface area (Å²) < 4.78 is 0. The van der Waals surface area contributed by atoms with Crippen molar-refractivity contribution >= 4 is 5.91 Å². The van der Waals surface area contributed by atoms with Gasteiger partial charge in [0.2, 0.25) is 5.91 Å². The third-order valence-corrected chi connectivity index (χ3v) is 2.69. The van der Waals surface area contributed by atoms with Crippen LogP contribution < -0.4 is 10.6 Å². The van der Waals surface area contributed by atoms with Gasteiger partial charge in [-0.25, -0.2) is 0 Å². The molecule has 16 heavy (non-hydrogen) atoms. The van der Waals surface area contributed by atoms with Gasteiger partial charge in [-0.3, -0.25) is 4.79 Å². The van der Waals surface area contributed by atoms with Crippen molar-refractivity contribution in [3.05, 3.63) is 35.4 Å². The van der Waals surface area contributed by atoms with Crippen molar-refractivity contribution in [1.82, 2.24) is 10.6 Å². The van der Waals surface area contributed by atoms with Crippen molar-refractivity contribution in [3.8, 4) is 6.07 Å². The molecule has 0 unspecified atom stereocenters. The van der Waals surface area contributed by atoms with Crippen LogP contribution in [0.1, 0.15) is 17.5 Å². The molecule has 1 atom stereocenters. The molecular formula is C12H13N3O. The highest BCUT2D eigenvalue weighted by atomic mass is 16.2. The smallest absolute Gasteiger partial charge is 0.237 e. The Morgan fingerprint density at radius 2 is 2.19 bits per heavy atom. The molecule has 0 aromatic heterocycles. The Hall–Kier alpha value is -1.86. The molecule has 0 bridgehead atoms. The van der Waals surface area contributed by atoms with E-state index in [4.69, 9.17) is 5.26 Å². The molecule has 1 saturated heterocycles. The summed E-state index contributed by atoms with van der Waals surface area (Å²) >= 11 is 0. The maximum absolute atomic E-state index is 11.5. The number of rotatable bonds is 3. The van der Waals surface area contributed by atoms with E-state index >= 15 is 0 Å². The van der Waals surface area contributed by atoms with E-state index in [1.807, 2.05) is 12.1 Å². The van der Waals surface area contributed by atoms with Crippen LogP contribution in [-0.2, 0) is 11.3 Å². The Labute approximate surface area is 94.3 Å². The van der Waals surface area contributed by atoms with Gasteiger partial charge in [0.1, 0.15) is 0 Å². The third-order valence-electron chi connectivity index (χ3n) is 2.69. The second-order valence-electron chi connectivity index (χ2n) is 3.82. The first kappa shape index (κ1) is 10.7. The number of hydrogen-bond acceptors (Lipinski definition) is 3. The molecule has 4 nitrogen and oxygen atoms in total. The fourth-order valence-corrected chi connectivity index (χ4v) is 1.52. The fraction of sp³-hybridized carbons (Fsp3) is 0.333. The van der Waals surface area contributed by atoms with Gasteiger partial charge in [0.05, 0.1) is 17.7 Å². The molecular weight excluding hydrogens is 202 g/mol. The van der Waals surface area contributed by atoms with Gasteiger partial charge in [0.15, 0.2) is 0 Å². The van der Waals surface area contributed by atoms with Gasteiger partial charge in [-0.15, -0.1) is 0 Å². The van der Waals surface area contributed by atoms with E-state index in [0.717, 1.165) is 18.5 Å². The zero-order valence-electron chi connectivity index (χ0n) is 8.86. The Balaban J connectivity index is 1.84. The molecule has 0 saturated carbocycles. The quantitative estimate of drug-likeness (QED) is 0.773. The SMILES string of the molecule is N#Cc1ccc(CNC(=O)[C@@H]2CCN2)cc1. The molecule has 1 aliphatic heterocycles. The Morgan fingerprint density at radius 1 is 1.50 bits per heavy atom. The van der Waals surface area contributed by atoms with E-state index in [1.54, 1.807) is 12.1 Å². The van der Waals surface area contributed by atoms with Gasteiger partial charge in [0, 0.05) is 6.54 Å². The number of carbonyl (C=O) groups is 1. The molecule has 2 rings (SSSR count). The maximum Gasteiger partial charge on any atom is 0.237 e. The van der Waals surface area contributed by atoms with Crippen molar-refractivity contribution in [3.63, 3.8) is 0 Å². The lowest BCUT2D eigenvalue weighted by atomic mass is 10.1. The van der Waals surface area contributed by atoms with E-state index in [0.29, 0.717) is 12.1 Å². The average Bonchev–Trinajstić information content (AvgIpc) is 2.25. The van der Waals surface area contributed by atoms with Gasteiger partial charge >= 0.3 is 0 Å². The van der Waals surface area contributed by atoms with Crippen LogP contribution in [0.4, 0.5) is 0 Å². The Bertz CT molecular complexity index is 415. The van der Waals surface area contributed by atoms with Crippen LogP contribution in [0.25, 0.3) is 0 Å². The van der Waals surface area contributed by atoms with Crippen molar-refractivity contribution in [2.75, 3.05) is 6.54 Å². The maximum atomic E-state index is 11.5. The number of hydrogen-bond donors (Lipinski definition) is 2. The molecule has 82 valence electrons. The van der Waals surface area contributed by atoms with E-state index in [-0.39, 0.29) is 11.9 Å². The molecule has 0 spiro atoms. The molecule has 0 radical (unpaired) electrons. The summed E-state index contributed by atoms with van der Waals surface area (Å²) in [6.07, 6.45) is 0.916. The minimum atomic E-state index is -0.0154. The number of carbonyl (C=O) groups excluding carboxylic acids is 1. The van der Waals surface area contributed by atoms with Crippen LogP contribution in [-0.4, -0.2) is 18.5 Å². The van der Waals surface area contributed by atoms with Gasteiger partial charge < -0.3 is 10.6 Å². The first-order valence-electron chi connectivity index (χ1n) is 5.30. The number of nitriles is 1. The van der Waals surface area contributed by atoms with Gasteiger partial charge in [-0.1, -0.05) is 12.1 Å². The van der Waals surface area contributed by atoms with Gasteiger partial charge in [-0.2, -0.15) is 5.26 Å². The van der Waals surface area contributed by atoms with Crippen molar-refractivity contribution in [1.29, 1.82) is 5.26 Å². The van der Waals surface area contributed by atoms with E-state index in [2.05, 4.69) is 16.7 Å². The zero-order chi connectivity index (χ0) is 11.4. The molecule has 1 aliphatic rings. The lowest BCUT2D eigenvalue weighted by Crippen LogP contribution is -2.52. The third kappa shape index (κ3) is 2.38. The molecule has 1 amide bonds. The van der Waals surface area contributed by atoms with Crippen LogP contribution in [0.3, 0.4) is 0 Å². The molecule has 2 N–H and O–H groups in total. The van der Waals surface area contributed by atoms with E-state index in [9.17, 15) is 4.79 Å². The topological polar surface area (TPSA) is 64.9 Å². The molecule has 4 heteroatoms. The minimum absolute atomic E-state index is 0.0154. The summed E-state index contributed by atoms with van der Waals surface area (Å²) in [5.41, 5.74) is 1.64.